The fourth-order valence-electron chi connectivity index (χ4n) is 8.10. The molecule has 4 aliphatic rings. The summed E-state index contributed by atoms with van der Waals surface area (Å²) in [5.74, 6) is 1.58. The molecule has 2 N–H and O–H groups in total. The second kappa shape index (κ2) is 12.5. The highest BCUT2D eigenvalue weighted by Gasteiger charge is 2.49. The number of fused-ring (bicyclic) bond motifs is 4. The Morgan fingerprint density at radius 1 is 1.16 bits per heavy atom. The van der Waals surface area contributed by atoms with Gasteiger partial charge in [-0.3, -0.25) is 4.90 Å². The number of ether oxygens (including phenoxy) is 3. The zero-order chi connectivity index (χ0) is 34.7. The molecular formula is C35H45N7O6S. The number of nitrogen functional groups attached to an aromatic ring is 1. The Kier molecular flexibility index (Phi) is 8.62. The van der Waals surface area contributed by atoms with Gasteiger partial charge in [0.25, 0.3) is 0 Å². The average molecular weight is 692 g/mol. The van der Waals surface area contributed by atoms with E-state index >= 15 is 0 Å². The van der Waals surface area contributed by atoms with E-state index in [9.17, 15) is 13.7 Å². The molecule has 1 aromatic carbocycles. The predicted octanol–water partition coefficient (Wildman–Crippen LogP) is 4.18. The zero-order valence-electron chi connectivity index (χ0n) is 28.9. The van der Waals surface area contributed by atoms with Gasteiger partial charge in [-0.15, -0.1) is 0 Å². The van der Waals surface area contributed by atoms with Gasteiger partial charge in [-0.2, -0.15) is 19.5 Å². The van der Waals surface area contributed by atoms with E-state index in [2.05, 4.69) is 23.2 Å². The Balaban J connectivity index is 1.26. The molecule has 262 valence electrons. The van der Waals surface area contributed by atoms with Gasteiger partial charge in [0.1, 0.15) is 25.0 Å². The Morgan fingerprint density at radius 2 is 1.96 bits per heavy atom. The SMILES string of the molecule is C[C@H](Oc1cc(OC2COCN(S(=O)(=O)C(C)(C)C)C2)nc(-c2noc3c2CCCC32CCc3ccc(N)c(C#N)c32)n1)[C@@H]1CCCN1C. The first-order valence-electron chi connectivity index (χ1n) is 17.1. The summed E-state index contributed by atoms with van der Waals surface area (Å²) in [7, 11) is -1.54. The number of benzene rings is 1. The van der Waals surface area contributed by atoms with Crippen molar-refractivity contribution in [1.29, 1.82) is 5.26 Å². The van der Waals surface area contributed by atoms with E-state index in [4.69, 9.17) is 34.4 Å². The lowest BCUT2D eigenvalue weighted by Crippen LogP contribution is -2.52. The molecule has 0 saturated carbocycles. The average Bonchev–Trinajstić information content (AvgIpc) is 3.79. The third kappa shape index (κ3) is 5.84. The van der Waals surface area contributed by atoms with Crippen molar-refractivity contribution < 1.29 is 27.2 Å². The number of sulfonamides is 1. The summed E-state index contributed by atoms with van der Waals surface area (Å²) in [6, 6.07) is 8.07. The monoisotopic (exact) mass is 691 g/mol. The standard InChI is InChI=1S/C35H45N7O6S/c1-21(27-9-7-15-41(27)5)46-28-16-29(47-23-18-42(20-45-19-23)49(43,44)34(2,3)4)39-33(38-28)31-24-8-6-13-35(32(24)48-40-31)14-12-22-10-11-26(37)25(17-36)30(22)35/h10-11,16,21,23,27H,6-9,12-15,18-20,37H2,1-5H3/t21-,23?,27-,35?/m0/s1. The molecule has 2 fully saturated rings. The predicted molar refractivity (Wildman–Crippen MR) is 181 cm³/mol. The topological polar surface area (TPSA) is 170 Å². The molecule has 0 bridgehead atoms. The van der Waals surface area contributed by atoms with Crippen LogP contribution in [0.5, 0.6) is 11.8 Å². The van der Waals surface area contributed by atoms with Gasteiger partial charge in [0.05, 0.1) is 34.9 Å². The van der Waals surface area contributed by atoms with E-state index < -0.39 is 26.3 Å². The number of nitrogens with two attached hydrogens (primary N) is 1. The Labute approximate surface area is 287 Å². The van der Waals surface area contributed by atoms with Crippen LogP contribution in [0.2, 0.25) is 0 Å². The van der Waals surface area contributed by atoms with Crippen LogP contribution in [-0.4, -0.2) is 89.2 Å². The second-order valence-electron chi connectivity index (χ2n) is 14.8. The van der Waals surface area contributed by atoms with Crippen LogP contribution in [0.15, 0.2) is 22.7 Å². The molecule has 3 aromatic rings. The summed E-state index contributed by atoms with van der Waals surface area (Å²) in [4.78, 5) is 11.9. The van der Waals surface area contributed by atoms with E-state index in [1.165, 1.54) is 4.31 Å². The molecule has 49 heavy (non-hydrogen) atoms. The first-order valence-corrected chi connectivity index (χ1v) is 18.6. The highest BCUT2D eigenvalue weighted by Crippen LogP contribution is 2.54. The summed E-state index contributed by atoms with van der Waals surface area (Å²) in [6.07, 6.45) is 5.35. The number of nitrogens with zero attached hydrogens (tertiary/aromatic N) is 6. The minimum atomic E-state index is -3.64. The van der Waals surface area contributed by atoms with Crippen molar-refractivity contribution in [3.63, 3.8) is 0 Å². The van der Waals surface area contributed by atoms with Gasteiger partial charge in [-0.25, -0.2) is 8.42 Å². The van der Waals surface area contributed by atoms with E-state index in [-0.39, 0.29) is 37.9 Å². The summed E-state index contributed by atoms with van der Waals surface area (Å²) in [5, 5.41) is 14.7. The van der Waals surface area contributed by atoms with E-state index in [0.717, 1.165) is 67.5 Å². The van der Waals surface area contributed by atoms with Gasteiger partial charge in [-0.1, -0.05) is 11.2 Å². The number of likely N-dealkylation sites (tertiary alicyclic amines) is 1. The molecule has 2 unspecified atom stereocenters. The molecule has 14 heteroatoms. The number of aryl methyl sites for hydroxylation is 1. The van der Waals surface area contributed by atoms with Gasteiger partial charge in [0, 0.05) is 17.3 Å². The Bertz CT molecular complexity index is 1900. The molecule has 1 spiro atoms. The van der Waals surface area contributed by atoms with Crippen LogP contribution in [0.3, 0.4) is 0 Å². The molecule has 4 heterocycles. The van der Waals surface area contributed by atoms with Gasteiger partial charge in [-0.05, 0) is 103 Å². The van der Waals surface area contributed by atoms with Crippen molar-refractivity contribution in [1.82, 2.24) is 24.3 Å². The minimum absolute atomic E-state index is 0.0373. The summed E-state index contributed by atoms with van der Waals surface area (Å²) >= 11 is 0. The number of anilines is 1. The van der Waals surface area contributed by atoms with Crippen molar-refractivity contribution in [2.45, 2.75) is 101 Å². The molecule has 2 aromatic heterocycles. The normalized spacial score (nSPS) is 25.1. The van der Waals surface area contributed by atoms with Crippen LogP contribution in [0.4, 0.5) is 5.69 Å². The maximum atomic E-state index is 13.2. The number of hydrogen-bond donors (Lipinski definition) is 1. The molecule has 0 amide bonds. The van der Waals surface area contributed by atoms with Crippen molar-refractivity contribution in [2.75, 3.05) is 39.2 Å². The first-order chi connectivity index (χ1) is 23.3. The smallest absolute Gasteiger partial charge is 0.221 e. The number of aromatic nitrogens is 3. The second-order valence-corrected chi connectivity index (χ2v) is 17.5. The third-order valence-electron chi connectivity index (χ3n) is 10.7. The van der Waals surface area contributed by atoms with Gasteiger partial charge in [0.2, 0.25) is 21.8 Å². The van der Waals surface area contributed by atoms with Gasteiger partial charge in [0.15, 0.2) is 17.3 Å². The summed E-state index contributed by atoms with van der Waals surface area (Å²) in [6.45, 7) is 8.31. The molecular weight excluding hydrogens is 646 g/mol. The van der Waals surface area contributed by atoms with Crippen LogP contribution in [0.1, 0.15) is 87.8 Å². The fourth-order valence-corrected chi connectivity index (χ4v) is 9.46. The van der Waals surface area contributed by atoms with Crippen molar-refractivity contribution in [3.05, 3.63) is 46.2 Å². The molecule has 4 atom stereocenters. The third-order valence-corrected chi connectivity index (χ3v) is 13.1. The minimum Gasteiger partial charge on any atom is -0.473 e. The van der Waals surface area contributed by atoms with Crippen LogP contribution in [-0.2, 0) is 33.0 Å². The maximum Gasteiger partial charge on any atom is 0.221 e. The number of likely N-dealkylation sites (N-methyl/N-ethyl adjacent to an activating group) is 1. The van der Waals surface area contributed by atoms with Crippen LogP contribution in [0.25, 0.3) is 11.5 Å². The Hall–Kier alpha value is -3.77. The molecule has 2 aliphatic carbocycles. The molecule has 2 aliphatic heterocycles. The number of rotatable bonds is 7. The zero-order valence-corrected chi connectivity index (χ0v) is 29.7. The summed E-state index contributed by atoms with van der Waals surface area (Å²) < 4.78 is 51.5. The van der Waals surface area contributed by atoms with Crippen molar-refractivity contribution >= 4 is 15.7 Å². The van der Waals surface area contributed by atoms with E-state index in [1.807, 2.05) is 19.1 Å². The quantitative estimate of drug-likeness (QED) is 0.351. The lowest BCUT2D eigenvalue weighted by atomic mass is 9.68. The highest BCUT2D eigenvalue weighted by atomic mass is 32.2. The lowest BCUT2D eigenvalue weighted by Gasteiger charge is -2.35. The largest absolute Gasteiger partial charge is 0.473 e. The van der Waals surface area contributed by atoms with E-state index in [1.54, 1.807) is 26.8 Å². The lowest BCUT2D eigenvalue weighted by molar-refractivity contribution is -0.0409. The van der Waals surface area contributed by atoms with Gasteiger partial charge < -0.3 is 24.5 Å². The van der Waals surface area contributed by atoms with Crippen LogP contribution in [0, 0.1) is 11.3 Å². The van der Waals surface area contributed by atoms with Crippen LogP contribution < -0.4 is 15.2 Å². The van der Waals surface area contributed by atoms with Crippen LogP contribution >= 0.6 is 0 Å². The fraction of sp³-hybridized carbons (Fsp3) is 0.600. The summed E-state index contributed by atoms with van der Waals surface area (Å²) in [5.41, 5.74) is 10.2. The Morgan fingerprint density at radius 3 is 2.69 bits per heavy atom. The van der Waals surface area contributed by atoms with E-state index in [0.29, 0.717) is 35.1 Å². The number of nitriles is 1. The number of hydrogen-bond acceptors (Lipinski definition) is 12. The molecule has 0 radical (unpaired) electrons. The van der Waals surface area contributed by atoms with Gasteiger partial charge >= 0.3 is 0 Å². The molecule has 7 rings (SSSR count). The van der Waals surface area contributed by atoms with Crippen molar-refractivity contribution in [3.8, 4) is 29.3 Å². The molecule has 13 nitrogen and oxygen atoms in total. The molecule has 2 saturated heterocycles. The highest BCUT2D eigenvalue weighted by molar-refractivity contribution is 7.90. The van der Waals surface area contributed by atoms with Crippen molar-refractivity contribution in [2.24, 2.45) is 0 Å². The first kappa shape index (κ1) is 33.7. The maximum absolute atomic E-state index is 13.2.